The second-order valence-electron chi connectivity index (χ2n) is 6.21. The molecule has 0 unspecified atom stereocenters. The maximum absolute atomic E-state index is 12.1. The minimum atomic E-state index is -1.00. The van der Waals surface area contributed by atoms with Crippen LogP contribution in [-0.4, -0.2) is 48.2 Å². The average molecular weight is 355 g/mol. The summed E-state index contributed by atoms with van der Waals surface area (Å²) in [5.74, 6) is -0.444. The number of nitrogens with one attached hydrogen (secondary N) is 2. The molecule has 132 valence electrons. The monoisotopic (exact) mass is 355 g/mol. The molecule has 9 heteroatoms. The zero-order valence-electron chi connectivity index (χ0n) is 14.0. The Morgan fingerprint density at radius 1 is 1.42 bits per heavy atom. The number of hydrogen-bond donors (Lipinski definition) is 3. The lowest BCUT2D eigenvalue weighted by Gasteiger charge is -2.20. The molecule has 0 radical (unpaired) electrons. The lowest BCUT2D eigenvalue weighted by atomic mass is 10.1. The van der Waals surface area contributed by atoms with Crippen LogP contribution in [-0.2, 0) is 14.4 Å². The molecule has 1 aliphatic carbocycles. The van der Waals surface area contributed by atoms with Crippen LogP contribution in [0, 0.1) is 0 Å². The predicted molar refractivity (Wildman–Crippen MR) is 89.0 cm³/mol. The molecule has 2 amide bonds. The second-order valence-corrected chi connectivity index (χ2v) is 7.13. The van der Waals surface area contributed by atoms with Gasteiger partial charge in [-0.15, -0.1) is 11.3 Å². The van der Waals surface area contributed by atoms with Crippen molar-refractivity contribution in [3.63, 3.8) is 0 Å². The summed E-state index contributed by atoms with van der Waals surface area (Å²) in [4.78, 5) is 29.1. The summed E-state index contributed by atoms with van der Waals surface area (Å²) in [7, 11) is 1.39. The lowest BCUT2D eigenvalue weighted by molar-refractivity contribution is -0.121. The van der Waals surface area contributed by atoms with Gasteiger partial charge in [-0.1, -0.05) is 5.16 Å². The van der Waals surface area contributed by atoms with E-state index in [0.717, 1.165) is 10.4 Å². The van der Waals surface area contributed by atoms with Gasteiger partial charge in [0.2, 0.25) is 5.91 Å². The Kier molecular flexibility index (Phi) is 5.45. The molecule has 0 saturated carbocycles. The summed E-state index contributed by atoms with van der Waals surface area (Å²) in [5, 5.41) is 21.1. The van der Waals surface area contributed by atoms with Crippen LogP contribution in [0.15, 0.2) is 16.6 Å². The number of nitrogens with zero attached hydrogens (tertiary/aromatic N) is 1. The Morgan fingerprint density at radius 2 is 2.12 bits per heavy atom. The second kappa shape index (κ2) is 7.18. The number of carbonyl (C=O) groups is 2. The summed E-state index contributed by atoms with van der Waals surface area (Å²) in [6, 6.07) is 1.18. The first-order chi connectivity index (χ1) is 11.2. The van der Waals surface area contributed by atoms with Crippen molar-refractivity contribution in [3.8, 4) is 0 Å². The van der Waals surface area contributed by atoms with E-state index < -0.39 is 29.7 Å². The fourth-order valence-electron chi connectivity index (χ4n) is 2.28. The number of oxime groups is 1. The molecule has 2 atom stereocenters. The average Bonchev–Trinajstić information content (AvgIpc) is 3.02. The molecule has 2 rings (SSSR count). The van der Waals surface area contributed by atoms with Gasteiger partial charge in [0.25, 0.3) is 0 Å². The summed E-state index contributed by atoms with van der Waals surface area (Å²) in [6.07, 6.45) is -1.68. The number of thiophene rings is 1. The molecule has 1 aromatic rings. The molecule has 0 fully saturated rings. The fourth-order valence-corrected chi connectivity index (χ4v) is 3.24. The van der Waals surface area contributed by atoms with Crippen LogP contribution in [0.4, 0.5) is 4.79 Å². The van der Waals surface area contributed by atoms with Crippen molar-refractivity contribution in [3.05, 3.63) is 21.9 Å². The fraction of sp³-hybridized carbons (Fsp3) is 0.533. The van der Waals surface area contributed by atoms with Gasteiger partial charge in [0.05, 0.1) is 10.9 Å². The van der Waals surface area contributed by atoms with Crippen molar-refractivity contribution < 1.29 is 24.3 Å². The largest absolute Gasteiger partial charge is 0.444 e. The normalized spacial score (nSPS) is 21.3. The molecule has 0 aliphatic heterocycles. The van der Waals surface area contributed by atoms with Crippen LogP contribution < -0.4 is 10.6 Å². The third-order valence-corrected chi connectivity index (χ3v) is 4.11. The Hall–Kier alpha value is -2.13. The molecular formula is C15H21N3O5S. The van der Waals surface area contributed by atoms with Gasteiger partial charge >= 0.3 is 6.09 Å². The molecule has 0 saturated heterocycles. The number of hydrogen-bond acceptors (Lipinski definition) is 7. The summed E-state index contributed by atoms with van der Waals surface area (Å²) >= 11 is 1.41. The Balaban J connectivity index is 1.95. The van der Waals surface area contributed by atoms with E-state index >= 15 is 0 Å². The Bertz CT molecular complexity index is 650. The first kappa shape index (κ1) is 18.2. The van der Waals surface area contributed by atoms with Gasteiger partial charge in [-0.25, -0.2) is 4.79 Å². The summed E-state index contributed by atoms with van der Waals surface area (Å²) in [5.41, 5.74) is 0.515. The number of fused-ring (bicyclic) bond motifs is 1. The number of aliphatic hydroxyl groups excluding tert-OH is 1. The van der Waals surface area contributed by atoms with Crippen molar-refractivity contribution in [2.75, 3.05) is 13.7 Å². The van der Waals surface area contributed by atoms with Crippen molar-refractivity contribution >= 4 is 29.0 Å². The van der Waals surface area contributed by atoms with E-state index in [1.807, 2.05) is 11.4 Å². The molecule has 1 aromatic heterocycles. The molecule has 3 N–H and O–H groups in total. The van der Waals surface area contributed by atoms with Crippen LogP contribution in [0.1, 0.15) is 37.3 Å². The van der Waals surface area contributed by atoms with E-state index in [4.69, 9.17) is 9.57 Å². The molecular weight excluding hydrogens is 334 g/mol. The number of aliphatic hydroxyl groups is 1. The van der Waals surface area contributed by atoms with Crippen molar-refractivity contribution in [2.45, 2.75) is 38.5 Å². The van der Waals surface area contributed by atoms with Crippen LogP contribution in [0.5, 0.6) is 0 Å². The van der Waals surface area contributed by atoms with E-state index in [0.29, 0.717) is 5.71 Å². The minimum Gasteiger partial charge on any atom is -0.444 e. The number of rotatable bonds is 4. The van der Waals surface area contributed by atoms with E-state index in [-0.39, 0.29) is 6.54 Å². The number of alkyl carbamates (subject to hydrolysis) is 1. The highest BCUT2D eigenvalue weighted by Gasteiger charge is 2.39. The maximum atomic E-state index is 12.1. The van der Waals surface area contributed by atoms with Crippen molar-refractivity contribution in [1.82, 2.24) is 10.6 Å². The Labute approximate surface area is 143 Å². The van der Waals surface area contributed by atoms with Crippen molar-refractivity contribution in [1.29, 1.82) is 0 Å². The number of amides is 2. The van der Waals surface area contributed by atoms with E-state index in [9.17, 15) is 14.7 Å². The van der Waals surface area contributed by atoms with Gasteiger partial charge in [0, 0.05) is 0 Å². The van der Waals surface area contributed by atoms with Gasteiger partial charge in [0.1, 0.15) is 31.1 Å². The standard InChI is InChI=1S/C15H21N3O5S/c1-15(2,3)23-14(21)16-7-9(19)17-10-8-5-6-24-13(8)11(12(10)20)18-22-4/h5-6,10,12,20H,7H2,1-4H3,(H,16,21)(H,17,19)/b18-11+/t10-,12-/m0/s1. The van der Waals surface area contributed by atoms with E-state index in [1.54, 1.807) is 20.8 Å². The lowest BCUT2D eigenvalue weighted by Crippen LogP contribution is -2.43. The van der Waals surface area contributed by atoms with E-state index in [1.165, 1.54) is 18.4 Å². The quantitative estimate of drug-likeness (QED) is 0.702. The van der Waals surface area contributed by atoms with Crippen LogP contribution in [0.3, 0.4) is 0 Å². The third-order valence-electron chi connectivity index (χ3n) is 3.16. The van der Waals surface area contributed by atoms with Crippen LogP contribution >= 0.6 is 11.3 Å². The first-order valence-corrected chi connectivity index (χ1v) is 8.24. The summed E-state index contributed by atoms with van der Waals surface area (Å²) < 4.78 is 5.06. The van der Waals surface area contributed by atoms with Gasteiger partial charge < -0.3 is 25.3 Å². The molecule has 1 heterocycles. The molecule has 0 bridgehead atoms. The summed E-state index contributed by atoms with van der Waals surface area (Å²) in [6.45, 7) is 4.94. The SMILES string of the molecule is CO/N=C1/c2sccc2[C@H](NC(=O)CNC(=O)OC(C)(C)C)[C@@H]1O. The van der Waals surface area contributed by atoms with E-state index in [2.05, 4.69) is 15.8 Å². The van der Waals surface area contributed by atoms with Crippen molar-refractivity contribution in [2.24, 2.45) is 5.16 Å². The van der Waals surface area contributed by atoms with Gasteiger partial charge in [-0.2, -0.15) is 0 Å². The van der Waals surface area contributed by atoms with Crippen LogP contribution in [0.25, 0.3) is 0 Å². The highest BCUT2D eigenvalue weighted by atomic mass is 32.1. The van der Waals surface area contributed by atoms with Crippen LogP contribution in [0.2, 0.25) is 0 Å². The minimum absolute atomic E-state index is 0.256. The topological polar surface area (TPSA) is 109 Å². The van der Waals surface area contributed by atoms with Gasteiger partial charge in [0.15, 0.2) is 0 Å². The first-order valence-electron chi connectivity index (χ1n) is 7.36. The molecule has 24 heavy (non-hydrogen) atoms. The zero-order valence-corrected chi connectivity index (χ0v) is 14.8. The smallest absolute Gasteiger partial charge is 0.408 e. The molecule has 0 aromatic carbocycles. The number of carbonyl (C=O) groups excluding carboxylic acids is 2. The highest BCUT2D eigenvalue weighted by molar-refractivity contribution is 7.12. The number of ether oxygens (including phenoxy) is 1. The van der Waals surface area contributed by atoms with Gasteiger partial charge in [-0.3, -0.25) is 4.79 Å². The zero-order chi connectivity index (χ0) is 17.9. The molecule has 0 spiro atoms. The third kappa shape index (κ3) is 4.24. The van der Waals surface area contributed by atoms with Gasteiger partial charge in [-0.05, 0) is 37.8 Å². The highest BCUT2D eigenvalue weighted by Crippen LogP contribution is 2.35. The molecule has 8 nitrogen and oxygen atoms in total. The Morgan fingerprint density at radius 3 is 2.75 bits per heavy atom. The maximum Gasteiger partial charge on any atom is 0.408 e. The predicted octanol–water partition coefficient (Wildman–Crippen LogP) is 1.16. The molecule has 1 aliphatic rings.